The highest BCUT2D eigenvalue weighted by Crippen LogP contribution is 2.36. The van der Waals surface area contributed by atoms with E-state index < -0.39 is 10.0 Å². The molecule has 0 atom stereocenters. The zero-order valence-corrected chi connectivity index (χ0v) is 24.4. The van der Waals surface area contributed by atoms with Crippen LogP contribution in [0.2, 0.25) is 0 Å². The first-order valence-corrected chi connectivity index (χ1v) is 14.9. The number of aryl methyl sites for hydroxylation is 2. The molecule has 1 amide bonds. The highest BCUT2D eigenvalue weighted by atomic mass is 32.2. The monoisotopic (exact) mass is 550 g/mol. The molecule has 2 aromatic carbocycles. The van der Waals surface area contributed by atoms with Gasteiger partial charge in [0.25, 0.3) is 15.9 Å². The molecule has 208 valence electrons. The van der Waals surface area contributed by atoms with Crippen molar-refractivity contribution in [3.8, 4) is 17.1 Å². The predicted molar refractivity (Wildman–Crippen MR) is 153 cm³/mol. The van der Waals surface area contributed by atoms with Gasteiger partial charge in [0, 0.05) is 29.2 Å². The molecule has 4 bridgehead atoms. The minimum atomic E-state index is -4.08. The van der Waals surface area contributed by atoms with Gasteiger partial charge in [0.05, 0.1) is 17.2 Å². The molecule has 9 heteroatoms. The lowest BCUT2D eigenvalue weighted by molar-refractivity contribution is 0.0752. The highest BCUT2D eigenvalue weighted by Gasteiger charge is 2.34. The van der Waals surface area contributed by atoms with E-state index >= 15 is 0 Å². The normalized spacial score (nSPS) is 16.7. The lowest BCUT2D eigenvalue weighted by atomic mass is 9.74. The number of rotatable bonds is 5. The molecule has 0 fully saturated rings. The average molecular weight is 551 g/mol. The molecule has 0 aliphatic carbocycles. The quantitative estimate of drug-likeness (QED) is 0.418. The molecule has 0 unspecified atom stereocenters. The molecule has 0 saturated carbocycles. The minimum absolute atomic E-state index is 0.0497. The number of carbonyl (C=O) groups excluding carboxylic acids is 1. The Kier molecular flexibility index (Phi) is 8.30. The van der Waals surface area contributed by atoms with Crippen molar-refractivity contribution in [1.29, 1.82) is 0 Å². The third-order valence-corrected chi connectivity index (χ3v) is 8.23. The molecular weight excluding hydrogens is 512 g/mol. The molecule has 8 nitrogen and oxygen atoms in total. The Bertz CT molecular complexity index is 1440. The van der Waals surface area contributed by atoms with Crippen molar-refractivity contribution in [2.75, 3.05) is 17.9 Å². The first-order valence-electron chi connectivity index (χ1n) is 13.4. The van der Waals surface area contributed by atoms with Gasteiger partial charge in [0.15, 0.2) is 0 Å². The number of hydrogen-bond acceptors (Lipinski definition) is 6. The van der Waals surface area contributed by atoms with Gasteiger partial charge in [-0.1, -0.05) is 52.0 Å². The van der Waals surface area contributed by atoms with E-state index in [2.05, 4.69) is 47.7 Å². The summed E-state index contributed by atoms with van der Waals surface area (Å²) in [5.41, 5.74) is 3.39. The fourth-order valence-electron chi connectivity index (χ4n) is 5.60. The van der Waals surface area contributed by atoms with Crippen LogP contribution in [0.1, 0.15) is 62.0 Å². The number of anilines is 1. The number of nitrogens with one attached hydrogen (secondary N) is 2. The van der Waals surface area contributed by atoms with Crippen LogP contribution < -0.4 is 14.8 Å². The molecule has 3 aromatic rings. The Labute approximate surface area is 231 Å². The molecule has 0 saturated heterocycles. The standard InChI is InChI=1S/C30H38N4O4S/c1-19(2)15-30(16-20(3)4)17-31-28(35)23-11-8-12-24(13-23)39(36,37)34-29-32-25(14-26(33-29)38-18-30)27-21(5)9-7-10-22(27)6/h7-14,19-20H,15-18H2,1-6H3,(H,31,35)(H,32,33,34). The van der Waals surface area contributed by atoms with Crippen LogP contribution in [0, 0.1) is 31.1 Å². The molecule has 0 spiro atoms. The number of nitrogens with zero attached hydrogens (tertiary/aromatic N) is 2. The summed E-state index contributed by atoms with van der Waals surface area (Å²) >= 11 is 0. The van der Waals surface area contributed by atoms with Crippen LogP contribution in [0.3, 0.4) is 0 Å². The Morgan fingerprint density at radius 2 is 1.59 bits per heavy atom. The maximum Gasteiger partial charge on any atom is 0.264 e. The number of fused-ring (bicyclic) bond motifs is 4. The van der Waals surface area contributed by atoms with Crippen LogP contribution in [-0.2, 0) is 10.0 Å². The van der Waals surface area contributed by atoms with Crippen molar-refractivity contribution >= 4 is 21.9 Å². The summed E-state index contributed by atoms with van der Waals surface area (Å²) in [7, 11) is -4.08. The molecule has 2 N–H and O–H groups in total. The number of carbonyl (C=O) groups is 1. The molecule has 1 aromatic heterocycles. The Morgan fingerprint density at radius 1 is 0.949 bits per heavy atom. The van der Waals surface area contributed by atoms with Crippen molar-refractivity contribution in [1.82, 2.24) is 15.3 Å². The van der Waals surface area contributed by atoms with E-state index in [4.69, 9.17) is 4.74 Å². The van der Waals surface area contributed by atoms with Crippen LogP contribution >= 0.6 is 0 Å². The number of hydrogen-bond donors (Lipinski definition) is 2. The molecule has 1 aliphatic rings. The van der Waals surface area contributed by atoms with E-state index in [9.17, 15) is 13.2 Å². The van der Waals surface area contributed by atoms with Crippen LogP contribution in [-0.4, -0.2) is 37.4 Å². The lowest BCUT2D eigenvalue weighted by Gasteiger charge is -2.37. The Hall–Kier alpha value is -3.46. The van der Waals surface area contributed by atoms with E-state index in [1.807, 2.05) is 32.0 Å². The second-order valence-electron chi connectivity index (χ2n) is 11.5. The van der Waals surface area contributed by atoms with Crippen molar-refractivity contribution in [3.63, 3.8) is 0 Å². The van der Waals surface area contributed by atoms with Gasteiger partial charge in [-0.15, -0.1) is 0 Å². The van der Waals surface area contributed by atoms with Gasteiger partial charge in [-0.25, -0.2) is 18.1 Å². The number of amides is 1. The lowest BCUT2D eigenvalue weighted by Crippen LogP contribution is -2.43. The number of ether oxygens (including phenoxy) is 1. The Balaban J connectivity index is 1.89. The van der Waals surface area contributed by atoms with Crippen molar-refractivity contribution in [3.05, 3.63) is 65.2 Å². The topological polar surface area (TPSA) is 110 Å². The summed E-state index contributed by atoms with van der Waals surface area (Å²) in [6.07, 6.45) is 1.67. The fourth-order valence-corrected chi connectivity index (χ4v) is 6.59. The van der Waals surface area contributed by atoms with Gasteiger partial charge in [-0.05, 0) is 67.9 Å². The van der Waals surface area contributed by atoms with Crippen LogP contribution in [0.5, 0.6) is 5.88 Å². The van der Waals surface area contributed by atoms with Gasteiger partial charge in [-0.2, -0.15) is 4.98 Å². The molecular formula is C30H38N4O4S. The summed E-state index contributed by atoms with van der Waals surface area (Å²) in [5, 5.41) is 3.07. The van der Waals surface area contributed by atoms with Crippen LogP contribution in [0.15, 0.2) is 53.4 Å². The van der Waals surface area contributed by atoms with Crippen molar-refractivity contribution in [2.24, 2.45) is 17.3 Å². The second kappa shape index (κ2) is 11.3. The smallest absolute Gasteiger partial charge is 0.264 e. The first-order chi connectivity index (χ1) is 18.4. The van der Waals surface area contributed by atoms with Gasteiger partial charge in [0.1, 0.15) is 0 Å². The summed E-state index contributed by atoms with van der Waals surface area (Å²) < 4.78 is 35.5. The number of sulfonamides is 1. The summed E-state index contributed by atoms with van der Waals surface area (Å²) in [6.45, 7) is 13.3. The van der Waals surface area contributed by atoms with Gasteiger partial charge >= 0.3 is 0 Å². The maximum absolute atomic E-state index is 13.3. The minimum Gasteiger partial charge on any atom is -0.477 e. The fraction of sp³-hybridized carbons (Fsp3) is 0.433. The van der Waals surface area contributed by atoms with Gasteiger partial charge < -0.3 is 10.1 Å². The van der Waals surface area contributed by atoms with E-state index in [1.165, 1.54) is 12.1 Å². The van der Waals surface area contributed by atoms with Crippen molar-refractivity contribution in [2.45, 2.75) is 59.3 Å². The number of benzene rings is 2. The predicted octanol–water partition coefficient (Wildman–Crippen LogP) is 5.76. The van der Waals surface area contributed by atoms with E-state index in [0.29, 0.717) is 30.7 Å². The summed E-state index contributed by atoms with van der Waals surface area (Å²) in [4.78, 5) is 22.2. The second-order valence-corrected chi connectivity index (χ2v) is 13.2. The summed E-state index contributed by atoms with van der Waals surface area (Å²) in [5.74, 6) is 0.590. The highest BCUT2D eigenvalue weighted by molar-refractivity contribution is 7.92. The first kappa shape index (κ1) is 28.5. The van der Waals surface area contributed by atoms with Gasteiger partial charge in [0.2, 0.25) is 11.8 Å². The summed E-state index contributed by atoms with van der Waals surface area (Å²) in [6, 6.07) is 13.7. The molecule has 0 radical (unpaired) electrons. The van der Waals surface area contributed by atoms with Gasteiger partial charge in [-0.3, -0.25) is 4.79 Å². The third kappa shape index (κ3) is 6.76. The zero-order chi connectivity index (χ0) is 28.4. The van der Waals surface area contributed by atoms with Crippen LogP contribution in [0.25, 0.3) is 11.3 Å². The van der Waals surface area contributed by atoms with E-state index in [-0.39, 0.29) is 33.6 Å². The molecule has 4 rings (SSSR count). The number of aromatic nitrogens is 2. The van der Waals surface area contributed by atoms with Crippen LogP contribution in [0.4, 0.5) is 5.95 Å². The average Bonchev–Trinajstić information content (AvgIpc) is 2.84. The molecule has 1 aliphatic heterocycles. The maximum atomic E-state index is 13.3. The van der Waals surface area contributed by atoms with E-state index in [0.717, 1.165) is 29.5 Å². The third-order valence-electron chi connectivity index (χ3n) is 6.90. The largest absolute Gasteiger partial charge is 0.477 e. The van der Waals surface area contributed by atoms with E-state index in [1.54, 1.807) is 18.2 Å². The Morgan fingerprint density at radius 3 is 2.23 bits per heavy atom. The molecule has 39 heavy (non-hydrogen) atoms. The molecule has 2 heterocycles. The van der Waals surface area contributed by atoms with Crippen molar-refractivity contribution < 1.29 is 17.9 Å². The zero-order valence-electron chi connectivity index (χ0n) is 23.5. The SMILES string of the molecule is Cc1cccc(C)c1-c1cc2nc(n1)NS(=O)(=O)c1cccc(c1)C(=O)NCC(CC(C)C)(CC(C)C)CO2.